The van der Waals surface area contributed by atoms with E-state index in [9.17, 15) is 0 Å². The predicted octanol–water partition coefficient (Wildman–Crippen LogP) is 5.10. The number of hydrogen-bond acceptors (Lipinski definition) is 3. The average molecular weight is 352 g/mol. The van der Waals surface area contributed by atoms with Crippen molar-refractivity contribution < 1.29 is 14.2 Å². The SMILES string of the molecule is C[N-]C(=Cc1ccc(OC)cc1)C(=Cc1ccc(OC)c(OC)c1)[N-]C. The number of rotatable bonds is 8. The first-order valence-corrected chi connectivity index (χ1v) is 8.14. The molecule has 0 amide bonds. The normalized spacial score (nSPS) is 11.7. The van der Waals surface area contributed by atoms with Crippen LogP contribution in [0.4, 0.5) is 0 Å². The maximum Gasteiger partial charge on any atom is 0.161 e. The summed E-state index contributed by atoms with van der Waals surface area (Å²) in [5.41, 5.74) is 3.53. The second kappa shape index (κ2) is 9.42. The van der Waals surface area contributed by atoms with E-state index >= 15 is 0 Å². The third-order valence-corrected chi connectivity index (χ3v) is 3.87. The molecule has 5 nitrogen and oxygen atoms in total. The Kier molecular flexibility index (Phi) is 6.97. The molecular formula is C21H24N2O3-2. The van der Waals surface area contributed by atoms with Crippen molar-refractivity contribution in [3.8, 4) is 17.2 Å². The molecule has 2 aromatic carbocycles. The quantitative estimate of drug-likeness (QED) is 0.621. The zero-order chi connectivity index (χ0) is 18.9. The van der Waals surface area contributed by atoms with E-state index in [1.807, 2.05) is 54.6 Å². The molecule has 0 radical (unpaired) electrons. The lowest BCUT2D eigenvalue weighted by atomic mass is 10.1. The van der Waals surface area contributed by atoms with Crippen molar-refractivity contribution in [2.45, 2.75) is 0 Å². The van der Waals surface area contributed by atoms with Gasteiger partial charge in [-0.05, 0) is 35.4 Å². The molecule has 0 aromatic heterocycles. The molecule has 0 bridgehead atoms. The number of benzene rings is 2. The molecule has 2 aromatic rings. The molecule has 0 atom stereocenters. The Morgan fingerprint density at radius 1 is 0.692 bits per heavy atom. The van der Waals surface area contributed by atoms with Gasteiger partial charge in [-0.1, -0.05) is 30.4 Å². The molecule has 0 saturated heterocycles. The van der Waals surface area contributed by atoms with Gasteiger partial charge in [0.15, 0.2) is 11.5 Å². The van der Waals surface area contributed by atoms with E-state index in [1.165, 1.54) is 0 Å². The van der Waals surface area contributed by atoms with Gasteiger partial charge in [0.25, 0.3) is 0 Å². The van der Waals surface area contributed by atoms with Crippen LogP contribution in [0.3, 0.4) is 0 Å². The highest BCUT2D eigenvalue weighted by Gasteiger charge is 2.02. The minimum Gasteiger partial charge on any atom is -0.688 e. The molecule has 0 aliphatic rings. The molecule has 0 saturated carbocycles. The number of hydrogen-bond donors (Lipinski definition) is 0. The number of methoxy groups -OCH3 is 3. The first kappa shape index (κ1) is 19.2. The van der Waals surface area contributed by atoms with E-state index in [0.717, 1.165) is 28.3 Å². The van der Waals surface area contributed by atoms with Crippen LogP contribution in [0.5, 0.6) is 17.2 Å². The van der Waals surface area contributed by atoms with Crippen LogP contribution < -0.4 is 14.2 Å². The van der Waals surface area contributed by atoms with Crippen molar-refractivity contribution in [1.82, 2.24) is 0 Å². The topological polar surface area (TPSA) is 55.9 Å². The first-order chi connectivity index (χ1) is 12.6. The summed E-state index contributed by atoms with van der Waals surface area (Å²) in [6.07, 6.45) is 3.95. The van der Waals surface area contributed by atoms with E-state index in [2.05, 4.69) is 10.6 Å². The Balaban J connectivity index is 2.36. The molecule has 0 aliphatic carbocycles. The van der Waals surface area contributed by atoms with E-state index in [1.54, 1.807) is 35.4 Å². The van der Waals surface area contributed by atoms with Crippen LogP contribution >= 0.6 is 0 Å². The second-order valence-electron chi connectivity index (χ2n) is 5.39. The Hall–Kier alpha value is -3.08. The predicted molar refractivity (Wildman–Crippen MR) is 107 cm³/mol. The van der Waals surface area contributed by atoms with Gasteiger partial charge in [0.05, 0.1) is 21.3 Å². The standard InChI is InChI=1S/C21H24N2O3/c1-22-18(12-15-6-9-17(24-3)10-7-15)19(23-2)13-16-8-11-20(25-4)21(14-16)26-5/h6-14H,1-5H3/q-2. The summed E-state index contributed by atoms with van der Waals surface area (Å²) in [5, 5.41) is 8.77. The molecule has 0 N–H and O–H groups in total. The minimum atomic E-state index is 0.672. The third kappa shape index (κ3) is 4.72. The lowest BCUT2D eigenvalue weighted by Gasteiger charge is -2.32. The third-order valence-electron chi connectivity index (χ3n) is 3.87. The number of nitrogens with zero attached hydrogens (tertiary/aromatic N) is 2. The van der Waals surface area contributed by atoms with E-state index < -0.39 is 0 Å². The van der Waals surface area contributed by atoms with Crippen molar-refractivity contribution in [1.29, 1.82) is 0 Å². The lowest BCUT2D eigenvalue weighted by molar-refractivity contribution is 0.355. The summed E-state index contributed by atoms with van der Waals surface area (Å²) in [6.45, 7) is 0. The van der Waals surface area contributed by atoms with Crippen molar-refractivity contribution in [2.75, 3.05) is 35.4 Å². The molecule has 0 unspecified atom stereocenters. The summed E-state index contributed by atoms with van der Waals surface area (Å²) < 4.78 is 15.8. The van der Waals surface area contributed by atoms with E-state index in [-0.39, 0.29) is 0 Å². The Labute approximate surface area is 155 Å². The van der Waals surface area contributed by atoms with E-state index in [4.69, 9.17) is 14.2 Å². The van der Waals surface area contributed by atoms with E-state index in [0.29, 0.717) is 11.5 Å². The summed E-state index contributed by atoms with van der Waals surface area (Å²) in [5.74, 6) is 2.18. The average Bonchev–Trinajstić information content (AvgIpc) is 2.70. The van der Waals surface area contributed by atoms with Gasteiger partial charge in [-0.2, -0.15) is 11.4 Å². The van der Waals surface area contributed by atoms with Crippen LogP contribution in [0.1, 0.15) is 11.1 Å². The van der Waals surface area contributed by atoms with Crippen molar-refractivity contribution in [3.05, 3.63) is 75.6 Å². The molecule has 2 rings (SSSR count). The van der Waals surface area contributed by atoms with Crippen molar-refractivity contribution in [2.24, 2.45) is 0 Å². The second-order valence-corrected chi connectivity index (χ2v) is 5.39. The fourth-order valence-corrected chi connectivity index (χ4v) is 2.46. The van der Waals surface area contributed by atoms with Gasteiger partial charge in [-0.3, -0.25) is 0 Å². The van der Waals surface area contributed by atoms with Crippen LogP contribution in [0, 0.1) is 0 Å². The molecule has 5 heteroatoms. The first-order valence-electron chi connectivity index (χ1n) is 8.14. The fraction of sp³-hybridized carbons (Fsp3) is 0.238. The van der Waals surface area contributed by atoms with Gasteiger partial charge in [-0.25, -0.2) is 0 Å². The minimum absolute atomic E-state index is 0.672. The molecule has 0 heterocycles. The highest BCUT2D eigenvalue weighted by Crippen LogP contribution is 2.31. The maximum absolute atomic E-state index is 5.36. The number of ether oxygens (including phenoxy) is 3. The molecule has 0 aliphatic heterocycles. The zero-order valence-electron chi connectivity index (χ0n) is 15.8. The molecule has 0 fully saturated rings. The fourth-order valence-electron chi connectivity index (χ4n) is 2.46. The van der Waals surface area contributed by atoms with Gasteiger partial charge in [0.2, 0.25) is 0 Å². The van der Waals surface area contributed by atoms with Crippen LogP contribution in [-0.2, 0) is 0 Å². The monoisotopic (exact) mass is 352 g/mol. The largest absolute Gasteiger partial charge is 0.688 e. The molecule has 26 heavy (non-hydrogen) atoms. The zero-order valence-corrected chi connectivity index (χ0v) is 15.8. The van der Waals surface area contributed by atoms with Gasteiger partial charge < -0.3 is 24.8 Å². The van der Waals surface area contributed by atoms with Crippen LogP contribution in [0.25, 0.3) is 22.8 Å². The summed E-state index contributed by atoms with van der Waals surface area (Å²) in [4.78, 5) is 0. The summed E-state index contributed by atoms with van der Waals surface area (Å²) >= 11 is 0. The van der Waals surface area contributed by atoms with Gasteiger partial charge in [-0.15, -0.1) is 14.1 Å². The number of likely N-dealkylation sites (N-methyl/N-ethyl adjacent to an activating group) is 2. The van der Waals surface area contributed by atoms with Crippen LogP contribution in [0.15, 0.2) is 53.9 Å². The highest BCUT2D eigenvalue weighted by molar-refractivity contribution is 5.72. The van der Waals surface area contributed by atoms with Crippen molar-refractivity contribution >= 4 is 12.2 Å². The van der Waals surface area contributed by atoms with Gasteiger partial charge >= 0.3 is 0 Å². The molecule has 138 valence electrons. The Bertz CT molecular complexity index is 780. The van der Waals surface area contributed by atoms with Gasteiger partial charge in [0, 0.05) is 0 Å². The molecule has 0 spiro atoms. The van der Waals surface area contributed by atoms with Gasteiger partial charge in [0.1, 0.15) is 5.75 Å². The van der Waals surface area contributed by atoms with Crippen LogP contribution in [0.2, 0.25) is 0 Å². The summed E-state index contributed by atoms with van der Waals surface area (Å²) in [7, 11) is 8.39. The summed E-state index contributed by atoms with van der Waals surface area (Å²) in [6, 6.07) is 13.5. The Morgan fingerprint density at radius 3 is 1.73 bits per heavy atom. The maximum atomic E-state index is 5.36. The smallest absolute Gasteiger partial charge is 0.161 e. The molecular weight excluding hydrogens is 328 g/mol. The highest BCUT2D eigenvalue weighted by atomic mass is 16.5. The lowest BCUT2D eigenvalue weighted by Crippen LogP contribution is -1.92. The van der Waals surface area contributed by atoms with Crippen LogP contribution in [-0.4, -0.2) is 35.4 Å². The Morgan fingerprint density at radius 2 is 1.23 bits per heavy atom. The van der Waals surface area contributed by atoms with Crippen molar-refractivity contribution in [3.63, 3.8) is 0 Å².